The summed E-state index contributed by atoms with van der Waals surface area (Å²) in [5, 5.41) is 0. The van der Waals surface area contributed by atoms with Crippen LogP contribution in [0.15, 0.2) is 45.7 Å². The van der Waals surface area contributed by atoms with E-state index in [1.165, 1.54) is 23.9 Å². The monoisotopic (exact) mass is 397 g/mol. The Morgan fingerprint density at radius 3 is 2.50 bits per heavy atom. The number of thioether (sulfide) groups is 1. The topological polar surface area (TPSA) is 33.5 Å². The van der Waals surface area contributed by atoms with Gasteiger partial charge >= 0.3 is 6.18 Å². The van der Waals surface area contributed by atoms with Crippen LogP contribution in [-0.4, -0.2) is 21.7 Å². The number of alkyl halides is 3. The molecule has 1 fully saturated rings. The number of hydrogen-bond donors (Lipinski definition) is 0. The van der Waals surface area contributed by atoms with Crippen LogP contribution in [0.4, 0.5) is 13.2 Å². The minimum atomic E-state index is -4.37. The lowest BCUT2D eigenvalue weighted by Gasteiger charge is -2.11. The second-order valence-corrected chi connectivity index (χ2v) is 7.29. The maximum absolute atomic E-state index is 12.6. The number of benzene rings is 1. The predicted molar refractivity (Wildman–Crippen MR) is 99.3 cm³/mol. The lowest BCUT2D eigenvalue weighted by molar-refractivity contribution is -0.137. The highest BCUT2D eigenvalue weighted by molar-refractivity contribution is 8.26. The van der Waals surface area contributed by atoms with Crippen molar-refractivity contribution in [1.82, 2.24) is 4.90 Å². The normalized spacial score (nSPS) is 16.8. The minimum Gasteiger partial charge on any atom is -0.457 e. The fourth-order valence-corrected chi connectivity index (χ4v) is 3.74. The number of hydrogen-bond acceptors (Lipinski definition) is 4. The van der Waals surface area contributed by atoms with Gasteiger partial charge in [-0.2, -0.15) is 13.2 Å². The van der Waals surface area contributed by atoms with E-state index in [0.29, 0.717) is 32.9 Å². The van der Waals surface area contributed by atoms with E-state index in [1.807, 2.05) is 6.92 Å². The van der Waals surface area contributed by atoms with E-state index in [-0.39, 0.29) is 5.91 Å². The van der Waals surface area contributed by atoms with Crippen molar-refractivity contribution in [2.24, 2.45) is 0 Å². The van der Waals surface area contributed by atoms with Crippen LogP contribution in [0.1, 0.15) is 24.7 Å². The molecule has 136 valence electrons. The molecule has 0 bridgehead atoms. The van der Waals surface area contributed by atoms with E-state index in [1.54, 1.807) is 23.1 Å². The van der Waals surface area contributed by atoms with Gasteiger partial charge in [-0.1, -0.05) is 43.0 Å². The van der Waals surface area contributed by atoms with E-state index in [2.05, 4.69) is 0 Å². The van der Waals surface area contributed by atoms with Crippen molar-refractivity contribution in [3.8, 4) is 11.3 Å². The summed E-state index contributed by atoms with van der Waals surface area (Å²) in [6.07, 6.45) is -1.97. The van der Waals surface area contributed by atoms with E-state index >= 15 is 0 Å². The maximum atomic E-state index is 12.6. The molecule has 3 rings (SSSR count). The molecule has 1 saturated heterocycles. The second kappa shape index (κ2) is 7.28. The molecule has 0 aliphatic carbocycles. The first kappa shape index (κ1) is 18.7. The molecule has 2 heterocycles. The second-order valence-electron chi connectivity index (χ2n) is 5.61. The number of thiocarbonyl (C=S) groups is 1. The highest BCUT2D eigenvalue weighted by Gasteiger charge is 2.32. The summed E-state index contributed by atoms with van der Waals surface area (Å²) >= 11 is 6.42. The average molecular weight is 397 g/mol. The fraction of sp³-hybridized carbons (Fsp3) is 0.222. The first-order chi connectivity index (χ1) is 12.3. The molecular formula is C18H14F3NO2S2. The van der Waals surface area contributed by atoms with Crippen molar-refractivity contribution in [2.75, 3.05) is 6.54 Å². The molecule has 1 amide bonds. The van der Waals surface area contributed by atoms with Gasteiger partial charge in [0, 0.05) is 18.2 Å². The fourth-order valence-electron chi connectivity index (χ4n) is 2.45. The Bertz CT molecular complexity index is 869. The highest BCUT2D eigenvalue weighted by Crippen LogP contribution is 2.34. The average Bonchev–Trinajstić information content (AvgIpc) is 3.15. The van der Waals surface area contributed by atoms with Gasteiger partial charge in [-0.25, -0.2) is 0 Å². The third-order valence-corrected chi connectivity index (χ3v) is 5.10. The van der Waals surface area contributed by atoms with Crippen LogP contribution in [0, 0.1) is 0 Å². The third kappa shape index (κ3) is 3.86. The molecule has 0 saturated carbocycles. The van der Waals surface area contributed by atoms with Gasteiger partial charge in [0.15, 0.2) is 0 Å². The van der Waals surface area contributed by atoms with Crippen molar-refractivity contribution < 1.29 is 22.4 Å². The van der Waals surface area contributed by atoms with Gasteiger partial charge in [-0.15, -0.1) is 0 Å². The molecule has 1 aromatic heterocycles. The molecule has 0 N–H and O–H groups in total. The van der Waals surface area contributed by atoms with Gasteiger partial charge in [0.25, 0.3) is 5.91 Å². The van der Waals surface area contributed by atoms with E-state index in [0.717, 1.165) is 18.6 Å². The van der Waals surface area contributed by atoms with Gasteiger partial charge < -0.3 is 4.42 Å². The third-order valence-electron chi connectivity index (χ3n) is 3.72. The largest absolute Gasteiger partial charge is 0.457 e. The van der Waals surface area contributed by atoms with Crippen molar-refractivity contribution in [2.45, 2.75) is 19.5 Å². The van der Waals surface area contributed by atoms with Crippen LogP contribution < -0.4 is 0 Å². The van der Waals surface area contributed by atoms with Crippen LogP contribution in [0.2, 0.25) is 0 Å². The van der Waals surface area contributed by atoms with E-state index < -0.39 is 11.7 Å². The SMILES string of the molecule is CCCN1C(=O)/C(=C/c2ccc(-c3ccc(C(F)(F)F)cc3)o2)SC1=S. The van der Waals surface area contributed by atoms with Crippen molar-refractivity contribution in [3.63, 3.8) is 0 Å². The standard InChI is InChI=1S/C18H14F3NO2S2/c1-2-9-22-16(23)15(26-17(22)25)10-13-7-8-14(24-13)11-3-5-12(6-4-11)18(19,20)21/h3-8,10H,2,9H2,1H3/b15-10-. The Morgan fingerprint density at radius 2 is 1.88 bits per heavy atom. The molecule has 1 aliphatic heterocycles. The molecule has 0 spiro atoms. The van der Waals surface area contributed by atoms with Gasteiger partial charge in [0.2, 0.25) is 0 Å². The van der Waals surface area contributed by atoms with Crippen LogP contribution in [-0.2, 0) is 11.0 Å². The van der Waals surface area contributed by atoms with Crippen molar-refractivity contribution in [1.29, 1.82) is 0 Å². The smallest absolute Gasteiger partial charge is 0.416 e. The van der Waals surface area contributed by atoms with E-state index in [9.17, 15) is 18.0 Å². The molecule has 2 aromatic rings. The zero-order valence-electron chi connectivity index (χ0n) is 13.7. The molecule has 0 atom stereocenters. The van der Waals surface area contributed by atoms with Gasteiger partial charge in [0.1, 0.15) is 15.8 Å². The number of carbonyl (C=O) groups is 1. The zero-order valence-corrected chi connectivity index (χ0v) is 15.3. The lowest BCUT2D eigenvalue weighted by Crippen LogP contribution is -2.28. The zero-order chi connectivity index (χ0) is 18.9. The summed E-state index contributed by atoms with van der Waals surface area (Å²) in [5.41, 5.74) is -0.191. The Balaban J connectivity index is 1.80. The summed E-state index contributed by atoms with van der Waals surface area (Å²) in [7, 11) is 0. The Morgan fingerprint density at radius 1 is 1.19 bits per heavy atom. The minimum absolute atomic E-state index is 0.158. The number of furan rings is 1. The Labute approximate surface area is 157 Å². The number of rotatable bonds is 4. The number of carbonyl (C=O) groups excluding carboxylic acids is 1. The first-order valence-electron chi connectivity index (χ1n) is 7.82. The summed E-state index contributed by atoms with van der Waals surface area (Å²) in [4.78, 5) is 14.3. The molecular weight excluding hydrogens is 383 g/mol. The van der Waals surface area contributed by atoms with Crippen molar-refractivity contribution in [3.05, 3.63) is 52.6 Å². The van der Waals surface area contributed by atoms with E-state index in [4.69, 9.17) is 16.6 Å². The Kier molecular flexibility index (Phi) is 5.24. The summed E-state index contributed by atoms with van der Waals surface area (Å²) < 4.78 is 44.0. The lowest BCUT2D eigenvalue weighted by atomic mass is 10.1. The van der Waals surface area contributed by atoms with Gasteiger partial charge in [0.05, 0.1) is 10.5 Å². The van der Waals surface area contributed by atoms with Crippen LogP contribution in [0.5, 0.6) is 0 Å². The van der Waals surface area contributed by atoms with Gasteiger partial charge in [-0.05, 0) is 30.7 Å². The molecule has 26 heavy (non-hydrogen) atoms. The number of halogens is 3. The van der Waals surface area contributed by atoms with Gasteiger partial charge in [-0.3, -0.25) is 9.69 Å². The maximum Gasteiger partial charge on any atom is 0.416 e. The molecule has 3 nitrogen and oxygen atoms in total. The Hall–Kier alpha value is -2.06. The summed E-state index contributed by atoms with van der Waals surface area (Å²) in [6, 6.07) is 8.04. The number of nitrogens with zero attached hydrogens (tertiary/aromatic N) is 1. The van der Waals surface area contributed by atoms with Crippen LogP contribution >= 0.6 is 24.0 Å². The molecule has 0 radical (unpaired) electrons. The van der Waals surface area contributed by atoms with Crippen LogP contribution in [0.25, 0.3) is 17.4 Å². The molecule has 1 aromatic carbocycles. The predicted octanol–water partition coefficient (Wildman–Crippen LogP) is 5.58. The van der Waals surface area contributed by atoms with Crippen molar-refractivity contribution >= 4 is 40.3 Å². The number of amides is 1. The summed E-state index contributed by atoms with van der Waals surface area (Å²) in [5.74, 6) is 0.709. The molecule has 0 unspecified atom stereocenters. The highest BCUT2D eigenvalue weighted by atomic mass is 32.2. The summed E-state index contributed by atoms with van der Waals surface area (Å²) in [6.45, 7) is 2.53. The first-order valence-corrected chi connectivity index (χ1v) is 9.05. The molecule has 8 heteroatoms. The van der Waals surface area contributed by atoms with Crippen LogP contribution in [0.3, 0.4) is 0 Å². The molecule has 1 aliphatic rings. The quantitative estimate of drug-likeness (QED) is 0.498.